The van der Waals surface area contributed by atoms with Crippen molar-refractivity contribution in [2.75, 3.05) is 26.7 Å². The van der Waals surface area contributed by atoms with Gasteiger partial charge in [-0.2, -0.15) is 0 Å². The highest BCUT2D eigenvalue weighted by Crippen LogP contribution is 2.48. The molecule has 1 fully saturated rings. The molecule has 0 bridgehead atoms. The van der Waals surface area contributed by atoms with Gasteiger partial charge in [0.25, 0.3) is 0 Å². The van der Waals surface area contributed by atoms with Crippen LogP contribution in [0.15, 0.2) is 77.3 Å². The number of allylic oxidation sites excluding steroid dienone is 3. The highest BCUT2D eigenvalue weighted by molar-refractivity contribution is 6.05. The minimum absolute atomic E-state index is 0. The third-order valence-electron chi connectivity index (χ3n) is 8.61. The van der Waals surface area contributed by atoms with E-state index in [9.17, 15) is 9.59 Å². The maximum absolute atomic E-state index is 14.1. The van der Waals surface area contributed by atoms with Crippen LogP contribution in [0.3, 0.4) is 0 Å². The van der Waals surface area contributed by atoms with E-state index < -0.39 is 5.92 Å². The van der Waals surface area contributed by atoms with Crippen LogP contribution >= 0.6 is 0 Å². The first kappa shape index (κ1) is 26.4. The summed E-state index contributed by atoms with van der Waals surface area (Å²) in [4.78, 5) is 33.7. The highest BCUT2D eigenvalue weighted by atomic mass is 16.5. The fourth-order valence-corrected chi connectivity index (χ4v) is 6.83. The van der Waals surface area contributed by atoms with Gasteiger partial charge in [0.2, 0.25) is 0 Å². The van der Waals surface area contributed by atoms with Crippen molar-refractivity contribution in [2.45, 2.75) is 57.5 Å². The Morgan fingerprint density at radius 1 is 1.10 bits per heavy atom. The number of carbonyl (C=O) groups excluding carboxylic acids is 2. The van der Waals surface area contributed by atoms with Crippen LogP contribution in [0.1, 0.15) is 65.3 Å². The van der Waals surface area contributed by atoms with Crippen LogP contribution in [0.5, 0.6) is 5.75 Å². The zero-order valence-corrected chi connectivity index (χ0v) is 23.5. The number of nitrogens with one attached hydrogen (secondary N) is 2. The molecule has 1 saturated heterocycles. The molecule has 7 nitrogen and oxygen atoms in total. The Bertz CT molecular complexity index is 1530. The van der Waals surface area contributed by atoms with E-state index in [0.29, 0.717) is 24.0 Å². The van der Waals surface area contributed by atoms with Gasteiger partial charge >= 0.3 is 5.97 Å². The fraction of sp³-hybridized carbons (Fsp3) is 0.394. The number of para-hydroxylation sites is 1. The number of dihydropyridines is 1. The number of ketones is 1. The molecule has 0 radical (unpaired) electrons. The van der Waals surface area contributed by atoms with Gasteiger partial charge in [-0.05, 0) is 62.1 Å². The normalized spacial score (nSPS) is 23.4. The Balaban J connectivity index is 0.00000202. The Morgan fingerprint density at radius 3 is 2.75 bits per heavy atom. The van der Waals surface area contributed by atoms with Gasteiger partial charge in [-0.25, -0.2) is 4.79 Å². The third kappa shape index (κ3) is 4.73. The standard InChI is InChI=1S/C33H37N3O4.2H2/c1-4-15-36-16-13-22(19-36)40-33(38)30-20(2)35-27-17-21(23-8-5-6-11-29(23)39-3)18-28(37)32(27)31(30)25-9-7-10-26-24(25)12-14-34-26;;/h5-12,14,21-22,31,34-35H,4,13,15-19H2,1-3H3;2*1H/t21-,22-,31?;;/m1../s1. The number of benzene rings is 2. The third-order valence-corrected chi connectivity index (χ3v) is 8.61. The molecule has 3 heterocycles. The van der Waals surface area contributed by atoms with E-state index in [-0.39, 0.29) is 26.6 Å². The fourth-order valence-electron chi connectivity index (χ4n) is 6.83. The number of fused-ring (bicyclic) bond motifs is 1. The number of ether oxygens (including phenoxy) is 2. The smallest absolute Gasteiger partial charge is 0.337 e. The summed E-state index contributed by atoms with van der Waals surface area (Å²) in [5.74, 6) is -0.00320. The topological polar surface area (TPSA) is 83.7 Å². The van der Waals surface area contributed by atoms with Crippen molar-refractivity contribution in [3.05, 3.63) is 88.4 Å². The van der Waals surface area contributed by atoms with Gasteiger partial charge in [0.15, 0.2) is 5.78 Å². The van der Waals surface area contributed by atoms with Crippen LogP contribution in [0.4, 0.5) is 0 Å². The average molecular weight is 544 g/mol. The van der Waals surface area contributed by atoms with Crippen molar-refractivity contribution >= 4 is 22.7 Å². The minimum Gasteiger partial charge on any atom is -0.496 e. The molecule has 1 aromatic heterocycles. The van der Waals surface area contributed by atoms with Crippen LogP contribution in [0, 0.1) is 0 Å². The number of Topliss-reactive ketones (excluding diaryl/α,β-unsaturated/α-hetero) is 1. The zero-order valence-electron chi connectivity index (χ0n) is 23.5. The predicted octanol–water partition coefficient (Wildman–Crippen LogP) is 6.06. The number of carbonyl (C=O) groups is 2. The molecule has 7 heteroatoms. The molecule has 0 amide bonds. The van der Waals surface area contributed by atoms with E-state index in [1.165, 1.54) is 0 Å². The van der Waals surface area contributed by atoms with Gasteiger partial charge < -0.3 is 19.8 Å². The summed E-state index contributed by atoms with van der Waals surface area (Å²) in [5, 5.41) is 4.50. The van der Waals surface area contributed by atoms with Crippen LogP contribution < -0.4 is 10.1 Å². The summed E-state index contributed by atoms with van der Waals surface area (Å²) >= 11 is 0. The molecule has 6 rings (SSSR count). The lowest BCUT2D eigenvalue weighted by Gasteiger charge is -2.37. The monoisotopic (exact) mass is 543 g/mol. The van der Waals surface area contributed by atoms with Crippen molar-refractivity contribution in [1.82, 2.24) is 15.2 Å². The van der Waals surface area contributed by atoms with E-state index >= 15 is 0 Å². The summed E-state index contributed by atoms with van der Waals surface area (Å²) in [7, 11) is 1.66. The molecule has 3 aromatic rings. The second kappa shape index (κ2) is 11.0. The number of hydrogen-bond donors (Lipinski definition) is 2. The van der Waals surface area contributed by atoms with E-state index in [1.807, 2.05) is 61.7 Å². The molecule has 0 spiro atoms. The number of rotatable bonds is 7. The molecular formula is C33H41N3O4. The second-order valence-corrected chi connectivity index (χ2v) is 11.2. The lowest BCUT2D eigenvalue weighted by molar-refractivity contribution is -0.144. The number of aromatic amines is 1. The molecule has 40 heavy (non-hydrogen) atoms. The van der Waals surface area contributed by atoms with Crippen molar-refractivity contribution in [3.8, 4) is 5.75 Å². The minimum atomic E-state index is -0.498. The van der Waals surface area contributed by atoms with Crippen LogP contribution in [0.2, 0.25) is 0 Å². The van der Waals surface area contributed by atoms with Crippen molar-refractivity contribution in [2.24, 2.45) is 0 Å². The first-order valence-electron chi connectivity index (χ1n) is 14.3. The molecular weight excluding hydrogens is 502 g/mol. The van der Waals surface area contributed by atoms with Gasteiger partial charge in [-0.1, -0.05) is 37.3 Å². The number of methoxy groups -OCH3 is 1. The lowest BCUT2D eigenvalue weighted by Crippen LogP contribution is -2.37. The maximum atomic E-state index is 14.1. The number of esters is 1. The second-order valence-electron chi connectivity index (χ2n) is 11.2. The summed E-state index contributed by atoms with van der Waals surface area (Å²) in [6, 6.07) is 16.0. The van der Waals surface area contributed by atoms with E-state index in [2.05, 4.69) is 22.1 Å². The number of hydrogen-bond acceptors (Lipinski definition) is 6. The van der Waals surface area contributed by atoms with Crippen molar-refractivity contribution in [3.63, 3.8) is 0 Å². The van der Waals surface area contributed by atoms with Gasteiger partial charge in [0.05, 0.1) is 12.7 Å². The molecule has 2 aromatic carbocycles. The SMILES string of the molecule is CCCN1CC[C@@H](OC(=O)C2=C(C)NC3=C(C(=O)C[C@H](c4ccccc4OC)C3)C2c2cccc3[nH]ccc23)C1.[HH].[HH]. The number of H-pyrrole nitrogens is 1. The number of likely N-dealkylation sites (tertiary alicyclic amines) is 1. The number of aromatic nitrogens is 1. The van der Waals surface area contributed by atoms with Crippen LogP contribution in [0.25, 0.3) is 10.9 Å². The van der Waals surface area contributed by atoms with Crippen molar-refractivity contribution < 1.29 is 21.9 Å². The Hall–Kier alpha value is -3.84. The van der Waals surface area contributed by atoms with Gasteiger partial charge in [-0.3, -0.25) is 9.69 Å². The molecule has 3 aliphatic rings. The average Bonchev–Trinajstić information content (AvgIpc) is 3.61. The molecule has 2 N–H and O–H groups in total. The van der Waals surface area contributed by atoms with Gasteiger partial charge in [0.1, 0.15) is 11.9 Å². The van der Waals surface area contributed by atoms with Gasteiger partial charge in [-0.15, -0.1) is 0 Å². The van der Waals surface area contributed by atoms with Gasteiger partial charge in [0, 0.05) is 68.3 Å². The maximum Gasteiger partial charge on any atom is 0.337 e. The Labute approximate surface area is 238 Å². The summed E-state index contributed by atoms with van der Waals surface area (Å²) in [5.41, 5.74) is 5.79. The highest BCUT2D eigenvalue weighted by Gasteiger charge is 2.43. The van der Waals surface area contributed by atoms with Crippen molar-refractivity contribution in [1.29, 1.82) is 0 Å². The summed E-state index contributed by atoms with van der Waals surface area (Å²) < 4.78 is 11.8. The Kier molecular flexibility index (Phi) is 7.24. The van der Waals surface area contributed by atoms with E-state index in [0.717, 1.165) is 71.6 Å². The molecule has 1 aliphatic carbocycles. The molecule has 2 aliphatic heterocycles. The van der Waals surface area contributed by atoms with E-state index in [4.69, 9.17) is 9.47 Å². The molecule has 1 unspecified atom stereocenters. The quantitative estimate of drug-likeness (QED) is 0.353. The first-order valence-corrected chi connectivity index (χ1v) is 14.3. The van der Waals surface area contributed by atoms with E-state index in [1.54, 1.807) is 7.11 Å². The molecule has 3 atom stereocenters. The van der Waals surface area contributed by atoms with Crippen LogP contribution in [-0.2, 0) is 14.3 Å². The Morgan fingerprint density at radius 2 is 1.93 bits per heavy atom. The predicted molar refractivity (Wildman–Crippen MR) is 159 cm³/mol. The first-order chi connectivity index (χ1) is 19.5. The summed E-state index contributed by atoms with van der Waals surface area (Å²) in [6.45, 7) is 6.79. The van der Waals surface area contributed by atoms with Crippen LogP contribution in [-0.4, -0.2) is 54.5 Å². The summed E-state index contributed by atoms with van der Waals surface area (Å²) in [6.07, 6.45) is 4.69. The lowest BCUT2D eigenvalue weighted by atomic mass is 9.71. The zero-order chi connectivity index (χ0) is 27.8. The molecule has 212 valence electrons. The number of nitrogens with zero attached hydrogens (tertiary/aromatic N) is 1. The molecule has 0 saturated carbocycles. The largest absolute Gasteiger partial charge is 0.496 e.